The van der Waals surface area contributed by atoms with E-state index in [1.165, 1.54) is 5.01 Å². The summed E-state index contributed by atoms with van der Waals surface area (Å²) >= 11 is 0. The lowest BCUT2D eigenvalue weighted by atomic mass is 10.00. The summed E-state index contributed by atoms with van der Waals surface area (Å²) < 4.78 is 7.59. The van der Waals surface area contributed by atoms with Crippen molar-refractivity contribution in [2.24, 2.45) is 5.10 Å². The van der Waals surface area contributed by atoms with Crippen molar-refractivity contribution in [1.82, 2.24) is 14.8 Å². The molecule has 3 heterocycles. The van der Waals surface area contributed by atoms with Crippen LogP contribution >= 0.6 is 0 Å². The predicted molar refractivity (Wildman–Crippen MR) is 131 cm³/mol. The minimum absolute atomic E-state index is 0.0185. The van der Waals surface area contributed by atoms with Gasteiger partial charge in [-0.15, -0.1) is 0 Å². The molecule has 0 atom stereocenters. The third kappa shape index (κ3) is 4.54. The van der Waals surface area contributed by atoms with E-state index in [0.717, 1.165) is 17.0 Å². The van der Waals surface area contributed by atoms with Crippen LogP contribution in [0.4, 0.5) is 0 Å². The second-order valence-corrected chi connectivity index (χ2v) is 8.07. The fraction of sp³-hybridized carbons (Fsp3) is 0.111. The Balaban J connectivity index is 1.63. The van der Waals surface area contributed by atoms with Crippen molar-refractivity contribution in [3.05, 3.63) is 101 Å². The first-order chi connectivity index (χ1) is 17.0. The van der Waals surface area contributed by atoms with Crippen molar-refractivity contribution in [3.8, 4) is 17.1 Å². The van der Waals surface area contributed by atoms with E-state index in [1.54, 1.807) is 10.8 Å². The molecule has 0 aliphatic carbocycles. The Bertz CT molecular complexity index is 1450. The van der Waals surface area contributed by atoms with Gasteiger partial charge in [0.05, 0.1) is 24.2 Å². The number of carboxylic acids is 1. The smallest absolute Gasteiger partial charge is 0.305 e. The molecule has 174 valence electrons. The molecule has 0 spiro atoms. The fourth-order valence-corrected chi connectivity index (χ4v) is 3.87. The molecule has 0 radical (unpaired) electrons. The normalized spacial score (nSPS) is 14.5. The van der Waals surface area contributed by atoms with E-state index in [1.807, 2.05) is 85.9 Å². The average Bonchev–Trinajstić information content (AvgIpc) is 3.57. The quantitative estimate of drug-likeness (QED) is 0.403. The van der Waals surface area contributed by atoms with Gasteiger partial charge in [-0.25, -0.2) is 9.69 Å². The Labute approximate surface area is 201 Å². The van der Waals surface area contributed by atoms with Crippen LogP contribution in [-0.4, -0.2) is 44.0 Å². The molecule has 0 saturated carbocycles. The van der Waals surface area contributed by atoms with Gasteiger partial charge in [0.1, 0.15) is 17.2 Å². The number of aromatic nitrogens is 2. The molecule has 4 aromatic rings. The van der Waals surface area contributed by atoms with Gasteiger partial charge >= 0.3 is 5.97 Å². The van der Waals surface area contributed by atoms with Crippen LogP contribution in [0.5, 0.6) is 0 Å². The number of carbonyl (C=O) groups excluding carboxylic acids is 1. The molecule has 2 aromatic carbocycles. The molecule has 1 aliphatic rings. The summed E-state index contributed by atoms with van der Waals surface area (Å²) in [6.07, 6.45) is 3.38. The van der Waals surface area contributed by atoms with Crippen molar-refractivity contribution in [3.63, 3.8) is 0 Å². The third-order valence-electron chi connectivity index (χ3n) is 5.56. The second-order valence-electron chi connectivity index (χ2n) is 8.07. The maximum atomic E-state index is 13.3. The van der Waals surface area contributed by atoms with Crippen molar-refractivity contribution in [1.29, 1.82) is 0 Å². The van der Waals surface area contributed by atoms with Gasteiger partial charge in [0.15, 0.2) is 5.76 Å². The maximum Gasteiger partial charge on any atom is 0.305 e. The zero-order chi connectivity index (χ0) is 24.4. The van der Waals surface area contributed by atoms with Gasteiger partial charge in [-0.1, -0.05) is 48.5 Å². The lowest BCUT2D eigenvalue weighted by molar-refractivity contribution is -0.137. The molecule has 35 heavy (non-hydrogen) atoms. The topological polar surface area (TPSA) is 101 Å². The standard InChI is InChI=1S/C27H22N4O4/c1-18-12-13-23(35-18)26-20(17-31(29-26)21-10-6-3-7-11-21)16-22-25(19-8-4-2-5-9-19)28-30(27(22)34)15-14-24(32)33/h2-13,16-17H,14-15H2,1H3,(H,32,33). The number of benzene rings is 2. The van der Waals surface area contributed by atoms with Gasteiger partial charge < -0.3 is 9.52 Å². The Hall–Kier alpha value is -4.72. The number of carbonyl (C=O) groups is 2. The first-order valence-electron chi connectivity index (χ1n) is 11.1. The Morgan fingerprint density at radius 3 is 2.40 bits per heavy atom. The predicted octanol–water partition coefficient (Wildman–Crippen LogP) is 4.55. The first kappa shape index (κ1) is 22.1. The molecule has 1 aliphatic heterocycles. The number of para-hydroxylation sites is 1. The zero-order valence-electron chi connectivity index (χ0n) is 19.0. The van der Waals surface area contributed by atoms with Crippen LogP contribution in [0.25, 0.3) is 23.2 Å². The molecule has 0 bridgehead atoms. The fourth-order valence-electron chi connectivity index (χ4n) is 3.87. The summed E-state index contributed by atoms with van der Waals surface area (Å²) in [6, 6.07) is 22.7. The molecule has 0 saturated heterocycles. The monoisotopic (exact) mass is 466 g/mol. The van der Waals surface area contributed by atoms with Gasteiger partial charge in [-0.05, 0) is 37.3 Å². The molecule has 2 aromatic heterocycles. The zero-order valence-corrected chi connectivity index (χ0v) is 19.0. The highest BCUT2D eigenvalue weighted by atomic mass is 16.4. The average molecular weight is 466 g/mol. The van der Waals surface area contributed by atoms with Crippen molar-refractivity contribution in [2.45, 2.75) is 13.3 Å². The van der Waals surface area contributed by atoms with E-state index < -0.39 is 5.97 Å². The third-order valence-corrected chi connectivity index (χ3v) is 5.56. The number of aliphatic carboxylic acids is 1. The number of carboxylic acid groups (broad SMARTS) is 1. The van der Waals surface area contributed by atoms with Crippen LogP contribution in [-0.2, 0) is 9.59 Å². The number of nitrogens with zero attached hydrogens (tertiary/aromatic N) is 4. The number of hydrogen-bond donors (Lipinski definition) is 1. The Morgan fingerprint density at radius 1 is 1.03 bits per heavy atom. The van der Waals surface area contributed by atoms with Gasteiger partial charge in [0, 0.05) is 17.3 Å². The summed E-state index contributed by atoms with van der Waals surface area (Å²) in [7, 11) is 0. The molecular formula is C27H22N4O4. The van der Waals surface area contributed by atoms with Crippen LogP contribution in [0.1, 0.15) is 23.3 Å². The van der Waals surface area contributed by atoms with Gasteiger partial charge in [-0.2, -0.15) is 10.2 Å². The number of rotatable bonds is 7. The molecule has 1 N–H and O–H groups in total. The molecule has 8 heteroatoms. The van der Waals surface area contributed by atoms with Crippen molar-refractivity contribution >= 4 is 23.7 Å². The number of furan rings is 1. The summed E-state index contributed by atoms with van der Waals surface area (Å²) in [6.45, 7) is 1.84. The number of hydrazone groups is 1. The largest absolute Gasteiger partial charge is 0.481 e. The highest BCUT2D eigenvalue weighted by Crippen LogP contribution is 2.30. The van der Waals surface area contributed by atoms with E-state index in [-0.39, 0.29) is 18.9 Å². The van der Waals surface area contributed by atoms with Crippen LogP contribution in [0.15, 0.2) is 94.1 Å². The highest BCUT2D eigenvalue weighted by Gasteiger charge is 2.31. The first-order valence-corrected chi connectivity index (χ1v) is 11.1. The summed E-state index contributed by atoms with van der Waals surface area (Å²) in [5.41, 5.74) is 3.72. The highest BCUT2D eigenvalue weighted by molar-refractivity contribution is 6.33. The lowest BCUT2D eigenvalue weighted by Gasteiger charge is -2.09. The van der Waals surface area contributed by atoms with E-state index in [9.17, 15) is 9.59 Å². The summed E-state index contributed by atoms with van der Waals surface area (Å²) in [4.78, 5) is 24.4. The number of amides is 1. The van der Waals surface area contributed by atoms with Gasteiger partial charge in [0.2, 0.25) is 0 Å². The van der Waals surface area contributed by atoms with E-state index >= 15 is 0 Å². The minimum Gasteiger partial charge on any atom is -0.481 e. The molecule has 0 unspecified atom stereocenters. The number of aryl methyl sites for hydroxylation is 1. The minimum atomic E-state index is -0.994. The molecule has 8 nitrogen and oxygen atoms in total. The SMILES string of the molecule is Cc1ccc(-c2nn(-c3ccccc3)cc2C=C2C(=O)N(CCC(=O)O)N=C2c2ccccc2)o1. The Kier molecular flexibility index (Phi) is 5.85. The maximum absolute atomic E-state index is 13.3. The molecule has 1 amide bonds. The summed E-state index contributed by atoms with van der Waals surface area (Å²) in [5.74, 6) is -0.0305. The second kappa shape index (κ2) is 9.26. The van der Waals surface area contributed by atoms with E-state index in [2.05, 4.69) is 5.10 Å². The van der Waals surface area contributed by atoms with Crippen LogP contribution in [0.3, 0.4) is 0 Å². The van der Waals surface area contributed by atoms with Gasteiger partial charge in [-0.3, -0.25) is 9.59 Å². The van der Waals surface area contributed by atoms with E-state index in [0.29, 0.717) is 28.3 Å². The van der Waals surface area contributed by atoms with Crippen LogP contribution < -0.4 is 0 Å². The lowest BCUT2D eigenvalue weighted by Crippen LogP contribution is -2.24. The van der Waals surface area contributed by atoms with E-state index in [4.69, 9.17) is 14.6 Å². The molecular weight excluding hydrogens is 444 g/mol. The molecule has 5 rings (SSSR count). The van der Waals surface area contributed by atoms with Crippen LogP contribution in [0, 0.1) is 6.92 Å². The summed E-state index contributed by atoms with van der Waals surface area (Å²) in [5, 5.41) is 19.5. The Morgan fingerprint density at radius 2 is 1.74 bits per heavy atom. The van der Waals surface area contributed by atoms with Gasteiger partial charge in [0.25, 0.3) is 5.91 Å². The van der Waals surface area contributed by atoms with Crippen molar-refractivity contribution in [2.75, 3.05) is 6.54 Å². The number of hydrogen-bond acceptors (Lipinski definition) is 5. The van der Waals surface area contributed by atoms with Crippen LogP contribution in [0.2, 0.25) is 0 Å². The van der Waals surface area contributed by atoms with Crippen molar-refractivity contribution < 1.29 is 19.1 Å². The molecule has 0 fully saturated rings.